The highest BCUT2D eigenvalue weighted by Gasteiger charge is 1.84. The SMILES string of the molecule is C1=COOC1.Cl.Cl. The quantitative estimate of drug-likeness (QED) is 0.478. The monoisotopic (exact) mass is 144 g/mol. The molecule has 0 spiro atoms. The molecule has 0 fully saturated rings. The predicted octanol–water partition coefficient (Wildman–Crippen LogP) is 1.31. The first-order valence-electron chi connectivity index (χ1n) is 1.43. The summed E-state index contributed by atoms with van der Waals surface area (Å²) in [6.07, 6.45) is 3.31. The summed E-state index contributed by atoms with van der Waals surface area (Å²) < 4.78 is 0. The van der Waals surface area contributed by atoms with Gasteiger partial charge in [0.25, 0.3) is 0 Å². The second-order valence-electron chi connectivity index (χ2n) is 0.753. The molecule has 1 heterocycles. The molecule has 1 aliphatic rings. The molecule has 1 rings (SSSR count). The van der Waals surface area contributed by atoms with Crippen molar-refractivity contribution in [1.29, 1.82) is 0 Å². The lowest BCUT2D eigenvalue weighted by molar-refractivity contribution is -0.221. The van der Waals surface area contributed by atoms with E-state index in [0.29, 0.717) is 6.61 Å². The van der Waals surface area contributed by atoms with Crippen LogP contribution in [0.2, 0.25) is 0 Å². The van der Waals surface area contributed by atoms with Crippen LogP contribution in [0.1, 0.15) is 0 Å². The van der Waals surface area contributed by atoms with Gasteiger partial charge in [0.15, 0.2) is 0 Å². The fraction of sp³-hybridized carbons (Fsp3) is 0.333. The third-order valence-electron chi connectivity index (χ3n) is 0.384. The molecule has 0 aromatic heterocycles. The van der Waals surface area contributed by atoms with Gasteiger partial charge in [-0.3, -0.25) is 0 Å². The fourth-order valence-corrected chi connectivity index (χ4v) is 0.196. The zero-order chi connectivity index (χ0) is 3.54. The van der Waals surface area contributed by atoms with Crippen molar-refractivity contribution in [2.75, 3.05) is 6.61 Å². The van der Waals surface area contributed by atoms with E-state index in [4.69, 9.17) is 0 Å². The van der Waals surface area contributed by atoms with Gasteiger partial charge in [-0.25, -0.2) is 0 Å². The number of rotatable bonds is 0. The average molecular weight is 145 g/mol. The van der Waals surface area contributed by atoms with Crippen LogP contribution in [0.25, 0.3) is 0 Å². The van der Waals surface area contributed by atoms with Gasteiger partial charge in [0.1, 0.15) is 12.9 Å². The van der Waals surface area contributed by atoms with E-state index in [2.05, 4.69) is 9.78 Å². The summed E-state index contributed by atoms with van der Waals surface area (Å²) in [6, 6.07) is 0. The molecule has 0 saturated heterocycles. The summed E-state index contributed by atoms with van der Waals surface area (Å²) in [5.74, 6) is 0. The summed E-state index contributed by atoms with van der Waals surface area (Å²) in [6.45, 7) is 0.597. The van der Waals surface area contributed by atoms with Crippen molar-refractivity contribution in [3.05, 3.63) is 12.3 Å². The normalized spacial score (nSPS) is 13.7. The Labute approximate surface area is 54.2 Å². The lowest BCUT2D eigenvalue weighted by Crippen LogP contribution is -1.73. The van der Waals surface area contributed by atoms with E-state index in [1.165, 1.54) is 6.26 Å². The lowest BCUT2D eigenvalue weighted by Gasteiger charge is -1.80. The predicted molar refractivity (Wildman–Crippen MR) is 30.7 cm³/mol. The van der Waals surface area contributed by atoms with Gasteiger partial charge >= 0.3 is 0 Å². The van der Waals surface area contributed by atoms with Crippen molar-refractivity contribution in [3.63, 3.8) is 0 Å². The number of hydrogen-bond donors (Lipinski definition) is 0. The van der Waals surface area contributed by atoms with Gasteiger partial charge in [-0.1, -0.05) is 0 Å². The fourth-order valence-electron chi connectivity index (χ4n) is 0.196. The molecule has 0 aromatic rings. The highest BCUT2D eigenvalue weighted by molar-refractivity contribution is 5.85. The molecule has 0 N–H and O–H groups in total. The Balaban J connectivity index is 0. The molecule has 44 valence electrons. The maximum Gasteiger partial charge on any atom is 0.128 e. The van der Waals surface area contributed by atoms with Crippen molar-refractivity contribution >= 4 is 24.8 Å². The van der Waals surface area contributed by atoms with Gasteiger partial charge in [0.05, 0.1) is 0 Å². The molecule has 0 aliphatic carbocycles. The minimum atomic E-state index is 0. The smallest absolute Gasteiger partial charge is 0.128 e. The summed E-state index contributed by atoms with van der Waals surface area (Å²) in [5, 5.41) is 0. The summed E-state index contributed by atoms with van der Waals surface area (Å²) in [5.41, 5.74) is 0. The Morgan fingerprint density at radius 3 is 2.14 bits per heavy atom. The first-order valence-corrected chi connectivity index (χ1v) is 1.43. The van der Waals surface area contributed by atoms with Crippen LogP contribution in [0, 0.1) is 0 Å². The van der Waals surface area contributed by atoms with Crippen LogP contribution in [0.3, 0.4) is 0 Å². The van der Waals surface area contributed by atoms with Crippen LogP contribution in [0.15, 0.2) is 12.3 Å². The first-order chi connectivity index (χ1) is 2.50. The van der Waals surface area contributed by atoms with Crippen LogP contribution in [-0.4, -0.2) is 6.61 Å². The van der Waals surface area contributed by atoms with Crippen molar-refractivity contribution in [2.45, 2.75) is 0 Å². The minimum absolute atomic E-state index is 0. The Hall–Kier alpha value is 0.0800. The highest BCUT2D eigenvalue weighted by Crippen LogP contribution is 1.88. The maximum atomic E-state index is 4.33. The van der Waals surface area contributed by atoms with Crippen molar-refractivity contribution < 1.29 is 9.78 Å². The molecular formula is C3H6Cl2O2. The molecule has 2 nitrogen and oxygen atoms in total. The Kier molecular flexibility index (Phi) is 8.81. The zero-order valence-electron chi connectivity index (χ0n) is 3.49. The Morgan fingerprint density at radius 2 is 2.00 bits per heavy atom. The lowest BCUT2D eigenvalue weighted by atomic mass is 10.7. The van der Waals surface area contributed by atoms with Crippen LogP contribution < -0.4 is 0 Å². The van der Waals surface area contributed by atoms with Crippen LogP contribution in [0.4, 0.5) is 0 Å². The van der Waals surface area contributed by atoms with Crippen LogP contribution in [-0.2, 0) is 9.78 Å². The van der Waals surface area contributed by atoms with Gasteiger partial charge < -0.3 is 4.89 Å². The highest BCUT2D eigenvalue weighted by atomic mass is 35.5. The summed E-state index contributed by atoms with van der Waals surface area (Å²) in [4.78, 5) is 8.60. The van der Waals surface area contributed by atoms with Gasteiger partial charge in [0, 0.05) is 0 Å². The minimum Gasteiger partial charge on any atom is -0.345 e. The first kappa shape index (κ1) is 10.1. The van der Waals surface area contributed by atoms with Crippen LogP contribution >= 0.6 is 24.8 Å². The molecule has 0 radical (unpaired) electrons. The van der Waals surface area contributed by atoms with Gasteiger partial charge in [-0.2, -0.15) is 4.89 Å². The third kappa shape index (κ3) is 3.92. The summed E-state index contributed by atoms with van der Waals surface area (Å²) in [7, 11) is 0. The Morgan fingerprint density at radius 1 is 1.29 bits per heavy atom. The van der Waals surface area contributed by atoms with Crippen LogP contribution in [0.5, 0.6) is 0 Å². The molecule has 0 unspecified atom stereocenters. The standard InChI is InChI=1S/C3H4O2.2ClH/c1-2-4-5-3-1;;/h1-2H,3H2;2*1H. The summed E-state index contributed by atoms with van der Waals surface area (Å²) >= 11 is 0. The topological polar surface area (TPSA) is 18.5 Å². The molecule has 1 aliphatic heterocycles. The van der Waals surface area contributed by atoms with E-state index in [9.17, 15) is 0 Å². The second kappa shape index (κ2) is 6.08. The van der Waals surface area contributed by atoms with Crippen molar-refractivity contribution in [2.24, 2.45) is 0 Å². The number of halogens is 2. The van der Waals surface area contributed by atoms with Crippen molar-refractivity contribution in [3.8, 4) is 0 Å². The van der Waals surface area contributed by atoms with Gasteiger partial charge in [0.2, 0.25) is 0 Å². The van der Waals surface area contributed by atoms with E-state index in [0.717, 1.165) is 0 Å². The van der Waals surface area contributed by atoms with E-state index < -0.39 is 0 Å². The molecule has 4 heteroatoms. The molecular weight excluding hydrogens is 139 g/mol. The Bertz CT molecular complexity index is 48.9. The average Bonchev–Trinajstić information content (AvgIpc) is 1.76. The van der Waals surface area contributed by atoms with E-state index >= 15 is 0 Å². The molecule has 0 aromatic carbocycles. The number of hydrogen-bond acceptors (Lipinski definition) is 2. The van der Waals surface area contributed by atoms with Gasteiger partial charge in [-0.15, -0.1) is 24.8 Å². The largest absolute Gasteiger partial charge is 0.345 e. The molecule has 0 amide bonds. The second-order valence-corrected chi connectivity index (χ2v) is 0.753. The van der Waals surface area contributed by atoms with E-state index in [1.807, 2.05) is 0 Å². The zero-order valence-corrected chi connectivity index (χ0v) is 5.13. The maximum absolute atomic E-state index is 4.33. The molecule has 7 heavy (non-hydrogen) atoms. The molecule has 0 saturated carbocycles. The third-order valence-corrected chi connectivity index (χ3v) is 0.384. The van der Waals surface area contributed by atoms with Crippen molar-refractivity contribution in [1.82, 2.24) is 0 Å². The van der Waals surface area contributed by atoms with Gasteiger partial charge in [-0.05, 0) is 6.08 Å². The molecule has 0 atom stereocenters. The van der Waals surface area contributed by atoms with E-state index in [-0.39, 0.29) is 24.8 Å². The molecule has 0 bridgehead atoms. The van der Waals surface area contributed by atoms with E-state index in [1.54, 1.807) is 6.08 Å².